The number of hydrogen-bond acceptors (Lipinski definition) is 5. The lowest BCUT2D eigenvalue weighted by Gasteiger charge is -2.11. The summed E-state index contributed by atoms with van der Waals surface area (Å²) in [6.07, 6.45) is 0. The number of halogens is 3. The number of amides is 1. The second-order valence-electron chi connectivity index (χ2n) is 6.11. The first-order valence-corrected chi connectivity index (χ1v) is 9.67. The standard InChI is InChI=1S/C20H14Cl3N3O4/c1-11-9-16(27)19(25-26(11)13-7-5-12(21)6-8-13)20(29)30-10-17(28)24-15-4-2-3-14(22)18(15)23/h2-9H,10H2,1H3,(H,24,28). The lowest BCUT2D eigenvalue weighted by molar-refractivity contribution is -0.119. The SMILES string of the molecule is Cc1cc(=O)c(C(=O)OCC(=O)Nc2cccc(Cl)c2Cl)nn1-c1ccc(Cl)cc1. The third-order valence-electron chi connectivity index (χ3n) is 3.93. The molecular weight excluding hydrogens is 453 g/mol. The van der Waals surface area contributed by atoms with Gasteiger partial charge in [-0.15, -0.1) is 0 Å². The molecule has 1 N–H and O–H groups in total. The van der Waals surface area contributed by atoms with Gasteiger partial charge >= 0.3 is 5.97 Å². The maximum Gasteiger partial charge on any atom is 0.363 e. The molecule has 7 nitrogen and oxygen atoms in total. The van der Waals surface area contributed by atoms with E-state index in [1.165, 1.54) is 10.7 Å². The van der Waals surface area contributed by atoms with Crippen LogP contribution >= 0.6 is 34.8 Å². The van der Waals surface area contributed by atoms with Gasteiger partial charge in [-0.25, -0.2) is 9.48 Å². The molecule has 1 amide bonds. The highest BCUT2D eigenvalue weighted by Crippen LogP contribution is 2.29. The zero-order chi connectivity index (χ0) is 21.8. The van der Waals surface area contributed by atoms with Crippen molar-refractivity contribution in [1.82, 2.24) is 9.78 Å². The molecule has 3 rings (SSSR count). The fourth-order valence-electron chi connectivity index (χ4n) is 2.52. The molecule has 0 bridgehead atoms. The average Bonchev–Trinajstić information content (AvgIpc) is 2.70. The van der Waals surface area contributed by atoms with Crippen LogP contribution in [-0.2, 0) is 9.53 Å². The Morgan fingerprint density at radius 2 is 1.80 bits per heavy atom. The maximum atomic E-state index is 12.3. The van der Waals surface area contributed by atoms with Crippen LogP contribution in [0.1, 0.15) is 16.2 Å². The highest BCUT2D eigenvalue weighted by Gasteiger charge is 2.18. The summed E-state index contributed by atoms with van der Waals surface area (Å²) < 4.78 is 6.34. The predicted molar refractivity (Wildman–Crippen MR) is 115 cm³/mol. The summed E-state index contributed by atoms with van der Waals surface area (Å²) in [6, 6.07) is 12.6. The molecule has 0 atom stereocenters. The first-order chi connectivity index (χ1) is 14.3. The minimum atomic E-state index is -1.03. The molecule has 1 heterocycles. The predicted octanol–water partition coefficient (Wildman–Crippen LogP) is 4.30. The van der Waals surface area contributed by atoms with Gasteiger partial charge in [0.25, 0.3) is 5.91 Å². The third-order valence-corrected chi connectivity index (χ3v) is 5.00. The smallest absolute Gasteiger partial charge is 0.363 e. The van der Waals surface area contributed by atoms with E-state index in [2.05, 4.69) is 10.4 Å². The van der Waals surface area contributed by atoms with Gasteiger partial charge < -0.3 is 10.1 Å². The van der Waals surface area contributed by atoms with Gasteiger partial charge in [-0.1, -0.05) is 40.9 Å². The Morgan fingerprint density at radius 1 is 1.10 bits per heavy atom. The van der Waals surface area contributed by atoms with E-state index in [0.29, 0.717) is 16.4 Å². The van der Waals surface area contributed by atoms with Crippen molar-refractivity contribution >= 4 is 52.4 Å². The molecule has 30 heavy (non-hydrogen) atoms. The Morgan fingerprint density at radius 3 is 2.50 bits per heavy atom. The van der Waals surface area contributed by atoms with Crippen molar-refractivity contribution in [3.05, 3.63) is 85.2 Å². The van der Waals surface area contributed by atoms with Gasteiger partial charge in [0.15, 0.2) is 6.61 Å². The van der Waals surface area contributed by atoms with E-state index in [4.69, 9.17) is 39.5 Å². The van der Waals surface area contributed by atoms with E-state index >= 15 is 0 Å². The first-order valence-electron chi connectivity index (χ1n) is 8.54. The molecular formula is C20H14Cl3N3O4. The molecule has 1 aromatic heterocycles. The topological polar surface area (TPSA) is 90.3 Å². The van der Waals surface area contributed by atoms with Crippen molar-refractivity contribution in [3.8, 4) is 5.69 Å². The molecule has 10 heteroatoms. The van der Waals surface area contributed by atoms with E-state index in [9.17, 15) is 14.4 Å². The molecule has 0 radical (unpaired) electrons. The molecule has 0 aliphatic heterocycles. The molecule has 0 aliphatic carbocycles. The minimum absolute atomic E-state index is 0.157. The van der Waals surface area contributed by atoms with Crippen LogP contribution in [-0.4, -0.2) is 28.3 Å². The minimum Gasteiger partial charge on any atom is -0.451 e. The van der Waals surface area contributed by atoms with Crippen molar-refractivity contribution in [3.63, 3.8) is 0 Å². The van der Waals surface area contributed by atoms with Crippen LogP contribution in [0.25, 0.3) is 5.69 Å². The monoisotopic (exact) mass is 465 g/mol. The fourth-order valence-corrected chi connectivity index (χ4v) is 2.99. The molecule has 0 unspecified atom stereocenters. The van der Waals surface area contributed by atoms with Crippen LogP contribution in [0.2, 0.25) is 15.1 Å². The van der Waals surface area contributed by atoms with E-state index in [1.807, 2.05) is 0 Å². The quantitative estimate of drug-likeness (QED) is 0.566. The van der Waals surface area contributed by atoms with E-state index < -0.39 is 29.6 Å². The van der Waals surface area contributed by atoms with E-state index in [-0.39, 0.29) is 15.7 Å². The van der Waals surface area contributed by atoms with Gasteiger partial charge in [-0.05, 0) is 43.3 Å². The molecule has 0 aliphatic rings. The lowest BCUT2D eigenvalue weighted by Crippen LogP contribution is -2.27. The molecule has 154 valence electrons. The zero-order valence-electron chi connectivity index (χ0n) is 15.5. The number of aromatic nitrogens is 2. The van der Waals surface area contributed by atoms with Crippen molar-refractivity contribution < 1.29 is 14.3 Å². The molecule has 3 aromatic rings. The number of benzene rings is 2. The number of anilines is 1. The summed E-state index contributed by atoms with van der Waals surface area (Å²) in [7, 11) is 0. The van der Waals surface area contributed by atoms with Gasteiger partial charge in [-0.3, -0.25) is 9.59 Å². The Balaban J connectivity index is 1.74. The van der Waals surface area contributed by atoms with Gasteiger partial charge in [-0.2, -0.15) is 5.10 Å². The fraction of sp³-hybridized carbons (Fsp3) is 0.100. The number of nitrogens with one attached hydrogen (secondary N) is 1. The summed E-state index contributed by atoms with van der Waals surface area (Å²) in [5.74, 6) is -1.69. The zero-order valence-corrected chi connectivity index (χ0v) is 17.8. The highest BCUT2D eigenvalue weighted by atomic mass is 35.5. The van der Waals surface area contributed by atoms with Crippen molar-refractivity contribution in [2.75, 3.05) is 11.9 Å². The summed E-state index contributed by atoms with van der Waals surface area (Å²) in [5, 5.41) is 7.50. The normalized spacial score (nSPS) is 10.5. The van der Waals surface area contributed by atoms with Crippen LogP contribution in [0, 0.1) is 6.92 Å². The summed E-state index contributed by atoms with van der Waals surface area (Å²) in [6.45, 7) is 1.03. The highest BCUT2D eigenvalue weighted by molar-refractivity contribution is 6.44. The second-order valence-corrected chi connectivity index (χ2v) is 7.33. The van der Waals surface area contributed by atoms with Crippen LogP contribution in [0.3, 0.4) is 0 Å². The van der Waals surface area contributed by atoms with Crippen LogP contribution in [0.4, 0.5) is 5.69 Å². The number of nitrogens with zero attached hydrogens (tertiary/aromatic N) is 2. The van der Waals surface area contributed by atoms with Gasteiger partial charge in [0, 0.05) is 16.8 Å². The number of rotatable bonds is 5. The largest absolute Gasteiger partial charge is 0.451 e. The van der Waals surface area contributed by atoms with Crippen LogP contribution in [0.15, 0.2) is 53.3 Å². The number of hydrogen-bond donors (Lipinski definition) is 1. The van der Waals surface area contributed by atoms with Crippen LogP contribution in [0.5, 0.6) is 0 Å². The number of esters is 1. The van der Waals surface area contributed by atoms with Gasteiger partial charge in [0.05, 0.1) is 21.4 Å². The average molecular weight is 467 g/mol. The molecule has 0 saturated heterocycles. The number of carbonyl (C=O) groups excluding carboxylic acids is 2. The van der Waals surface area contributed by atoms with Gasteiger partial charge in [0.1, 0.15) is 0 Å². The summed E-state index contributed by atoms with van der Waals surface area (Å²) in [5.41, 5.74) is 0.292. The Labute approximate surface area is 186 Å². The number of carbonyl (C=O) groups is 2. The molecule has 0 fully saturated rings. The Kier molecular flexibility index (Phi) is 6.77. The van der Waals surface area contributed by atoms with E-state index in [1.54, 1.807) is 49.4 Å². The summed E-state index contributed by atoms with van der Waals surface area (Å²) in [4.78, 5) is 36.6. The van der Waals surface area contributed by atoms with Crippen LogP contribution < -0.4 is 10.7 Å². The van der Waals surface area contributed by atoms with Crippen molar-refractivity contribution in [1.29, 1.82) is 0 Å². The van der Waals surface area contributed by atoms with Crippen molar-refractivity contribution in [2.24, 2.45) is 0 Å². The maximum absolute atomic E-state index is 12.3. The summed E-state index contributed by atoms with van der Waals surface area (Å²) >= 11 is 17.8. The number of ether oxygens (including phenoxy) is 1. The van der Waals surface area contributed by atoms with Gasteiger partial charge in [0.2, 0.25) is 11.1 Å². The molecule has 2 aromatic carbocycles. The molecule has 0 spiro atoms. The second kappa shape index (κ2) is 9.30. The lowest BCUT2D eigenvalue weighted by atomic mass is 10.3. The third kappa shape index (κ3) is 4.99. The van der Waals surface area contributed by atoms with Crippen molar-refractivity contribution in [2.45, 2.75) is 6.92 Å². The Bertz CT molecular complexity index is 1180. The molecule has 0 saturated carbocycles. The number of aryl methyl sites for hydroxylation is 1. The van der Waals surface area contributed by atoms with E-state index in [0.717, 1.165) is 0 Å². The first kappa shape index (κ1) is 21.8. The Hall–Kier alpha value is -2.87.